The molecule has 164 valence electrons. The number of hydrogen-bond donors (Lipinski definition) is 2. The van der Waals surface area contributed by atoms with Gasteiger partial charge in [-0.3, -0.25) is 15.1 Å². The molecule has 0 radical (unpaired) electrons. The molecule has 2 aromatic rings. The lowest BCUT2D eigenvalue weighted by Crippen LogP contribution is -2.62. The van der Waals surface area contributed by atoms with E-state index in [1.807, 2.05) is 24.3 Å². The Morgan fingerprint density at radius 3 is 2.35 bits per heavy atom. The summed E-state index contributed by atoms with van der Waals surface area (Å²) in [6.45, 7) is 1.73. The van der Waals surface area contributed by atoms with Crippen molar-refractivity contribution in [2.24, 2.45) is 0 Å². The maximum atomic E-state index is 13.3. The van der Waals surface area contributed by atoms with Crippen molar-refractivity contribution >= 4 is 11.9 Å². The molecule has 8 heteroatoms. The zero-order valence-electron chi connectivity index (χ0n) is 17.3. The van der Waals surface area contributed by atoms with Crippen LogP contribution in [-0.2, 0) is 10.3 Å². The van der Waals surface area contributed by atoms with Crippen molar-refractivity contribution in [2.75, 3.05) is 7.05 Å². The topological polar surface area (TPSA) is 65.4 Å². The molecule has 2 N–H and O–H groups in total. The van der Waals surface area contributed by atoms with Crippen LogP contribution in [-0.4, -0.2) is 30.2 Å². The van der Waals surface area contributed by atoms with Crippen LogP contribution in [0.5, 0.6) is 5.75 Å². The van der Waals surface area contributed by atoms with Crippen molar-refractivity contribution < 1.29 is 22.7 Å². The van der Waals surface area contributed by atoms with Gasteiger partial charge in [0.1, 0.15) is 5.75 Å². The number of nitrogens with zero attached hydrogens (tertiary/aromatic N) is 1. The van der Waals surface area contributed by atoms with Gasteiger partial charge in [0.2, 0.25) is 5.91 Å². The average Bonchev–Trinajstić information content (AvgIpc) is 2.65. The smallest absolute Gasteiger partial charge is 0.406 e. The summed E-state index contributed by atoms with van der Waals surface area (Å²) < 4.78 is 42.3. The number of hydrogen-bond acceptors (Lipinski definition) is 3. The molecule has 2 atom stereocenters. The number of rotatable bonds is 4. The van der Waals surface area contributed by atoms with Gasteiger partial charge in [0.15, 0.2) is 5.96 Å². The lowest BCUT2D eigenvalue weighted by atomic mass is 9.73. The van der Waals surface area contributed by atoms with Gasteiger partial charge in [-0.1, -0.05) is 42.8 Å². The highest BCUT2D eigenvalue weighted by atomic mass is 19.4. The molecule has 1 saturated carbocycles. The number of amides is 1. The normalized spacial score (nSPS) is 24.5. The molecule has 1 aliphatic heterocycles. The second kappa shape index (κ2) is 7.59. The molecular weight excluding hydrogens is 407 g/mol. The third-order valence-corrected chi connectivity index (χ3v) is 6.38. The second-order valence-electron chi connectivity index (χ2n) is 8.38. The van der Waals surface area contributed by atoms with E-state index in [1.54, 1.807) is 13.0 Å². The summed E-state index contributed by atoms with van der Waals surface area (Å²) in [6.07, 6.45) is -1.28. The Hall–Kier alpha value is -3.03. The Morgan fingerprint density at radius 1 is 1.13 bits per heavy atom. The first-order valence-electron chi connectivity index (χ1n) is 10.2. The second-order valence-corrected chi connectivity index (χ2v) is 8.38. The number of halogens is 3. The third kappa shape index (κ3) is 3.98. The van der Waals surface area contributed by atoms with Gasteiger partial charge in [0, 0.05) is 7.05 Å². The predicted octanol–water partition coefficient (Wildman–Crippen LogP) is 4.85. The number of ether oxygens (including phenoxy) is 1. The molecule has 1 heterocycles. The minimum atomic E-state index is -4.82. The fourth-order valence-electron chi connectivity index (χ4n) is 4.39. The van der Waals surface area contributed by atoms with Crippen LogP contribution < -0.4 is 10.1 Å². The molecule has 1 amide bonds. The standard InChI is InChI=1S/C23H24F3N3O2/c1-22(17-7-4-8-18(13-17)31-23(24,25)26)19(20(30)29(2)21(27)28-22)16-11-9-15(10-12-16)14-5-3-6-14/h4,7-14,19H,3,5-6H2,1-2H3,(H2,27,28)/t19-,22-/m1/s1. The molecule has 5 nitrogen and oxygen atoms in total. The van der Waals surface area contributed by atoms with E-state index in [-0.39, 0.29) is 17.6 Å². The van der Waals surface area contributed by atoms with Gasteiger partial charge in [-0.05, 0) is 54.5 Å². The summed E-state index contributed by atoms with van der Waals surface area (Å²) in [6, 6.07) is 13.4. The van der Waals surface area contributed by atoms with Crippen LogP contribution in [0.4, 0.5) is 13.2 Å². The first-order valence-corrected chi connectivity index (χ1v) is 10.2. The van der Waals surface area contributed by atoms with E-state index in [4.69, 9.17) is 5.41 Å². The zero-order valence-corrected chi connectivity index (χ0v) is 17.3. The Bertz CT molecular complexity index is 1000. The van der Waals surface area contributed by atoms with Crippen molar-refractivity contribution in [3.63, 3.8) is 0 Å². The third-order valence-electron chi connectivity index (χ3n) is 6.38. The summed E-state index contributed by atoms with van der Waals surface area (Å²) in [5.74, 6) is -0.970. The average molecular weight is 431 g/mol. The maximum Gasteiger partial charge on any atom is 0.573 e. The molecule has 0 bridgehead atoms. The number of nitrogens with one attached hydrogen (secondary N) is 2. The lowest BCUT2D eigenvalue weighted by molar-refractivity contribution is -0.274. The van der Waals surface area contributed by atoms with Gasteiger partial charge < -0.3 is 10.1 Å². The van der Waals surface area contributed by atoms with E-state index in [2.05, 4.69) is 10.1 Å². The quantitative estimate of drug-likeness (QED) is 0.728. The number of alkyl halides is 3. The number of likely N-dealkylation sites (N-methyl/N-ethyl adjacent to an activating group) is 1. The summed E-state index contributed by atoms with van der Waals surface area (Å²) in [5, 5.41) is 11.2. The number of benzene rings is 2. The van der Waals surface area contributed by atoms with E-state index < -0.39 is 17.8 Å². The van der Waals surface area contributed by atoms with E-state index in [0.29, 0.717) is 11.5 Å². The van der Waals surface area contributed by atoms with Gasteiger partial charge >= 0.3 is 6.36 Å². The first-order chi connectivity index (χ1) is 14.6. The molecule has 0 spiro atoms. The minimum absolute atomic E-state index is 0.114. The lowest BCUT2D eigenvalue weighted by Gasteiger charge is -2.46. The highest BCUT2D eigenvalue weighted by molar-refractivity contribution is 6.02. The van der Waals surface area contributed by atoms with Crippen LogP contribution in [0.2, 0.25) is 0 Å². The van der Waals surface area contributed by atoms with Gasteiger partial charge in [-0.2, -0.15) is 0 Å². The Morgan fingerprint density at radius 2 is 1.77 bits per heavy atom. The molecule has 4 rings (SSSR count). The number of guanidine groups is 1. The highest BCUT2D eigenvalue weighted by Crippen LogP contribution is 2.43. The summed E-state index contributed by atoms with van der Waals surface area (Å²) in [7, 11) is 1.51. The van der Waals surface area contributed by atoms with Crippen molar-refractivity contribution in [3.8, 4) is 5.75 Å². The predicted molar refractivity (Wildman–Crippen MR) is 110 cm³/mol. The van der Waals surface area contributed by atoms with Crippen LogP contribution >= 0.6 is 0 Å². The van der Waals surface area contributed by atoms with Gasteiger partial charge in [0.05, 0.1) is 11.5 Å². The van der Waals surface area contributed by atoms with E-state index in [9.17, 15) is 18.0 Å². The van der Waals surface area contributed by atoms with Crippen molar-refractivity contribution in [3.05, 3.63) is 65.2 Å². The van der Waals surface area contributed by atoms with Crippen molar-refractivity contribution in [1.29, 1.82) is 5.41 Å². The van der Waals surface area contributed by atoms with Crippen LogP contribution in [0.15, 0.2) is 48.5 Å². The van der Waals surface area contributed by atoms with Gasteiger partial charge in [0.25, 0.3) is 0 Å². The van der Waals surface area contributed by atoms with Gasteiger partial charge in [-0.25, -0.2) is 0 Å². The van der Waals surface area contributed by atoms with Crippen LogP contribution in [0.25, 0.3) is 0 Å². The number of carbonyl (C=O) groups excluding carboxylic acids is 1. The van der Waals surface area contributed by atoms with Gasteiger partial charge in [-0.15, -0.1) is 13.2 Å². The molecule has 2 aliphatic rings. The minimum Gasteiger partial charge on any atom is -0.406 e. The molecule has 31 heavy (non-hydrogen) atoms. The molecular formula is C23H24F3N3O2. The molecule has 2 fully saturated rings. The van der Waals surface area contributed by atoms with E-state index in [1.165, 1.54) is 42.1 Å². The van der Waals surface area contributed by atoms with Crippen LogP contribution in [0, 0.1) is 5.41 Å². The zero-order chi connectivity index (χ0) is 22.4. The number of carbonyl (C=O) groups is 1. The molecule has 1 saturated heterocycles. The molecule has 0 aromatic heterocycles. The maximum absolute atomic E-state index is 13.3. The Balaban J connectivity index is 1.75. The summed E-state index contributed by atoms with van der Waals surface area (Å²) in [5.41, 5.74) is 1.26. The molecule has 0 unspecified atom stereocenters. The SMILES string of the molecule is CN1C(=N)N[C@](C)(c2cccc(OC(F)(F)F)c2)[C@H](c2ccc(C3CCC3)cc2)C1=O. The van der Waals surface area contributed by atoms with E-state index in [0.717, 1.165) is 18.4 Å². The molecule has 2 aromatic carbocycles. The van der Waals surface area contributed by atoms with Crippen LogP contribution in [0.1, 0.15) is 54.7 Å². The summed E-state index contributed by atoms with van der Waals surface area (Å²) >= 11 is 0. The fourth-order valence-corrected chi connectivity index (χ4v) is 4.39. The molecule has 1 aliphatic carbocycles. The fraction of sp³-hybridized carbons (Fsp3) is 0.391. The Labute approximate surface area is 178 Å². The highest BCUT2D eigenvalue weighted by Gasteiger charge is 2.48. The van der Waals surface area contributed by atoms with Crippen molar-refractivity contribution in [2.45, 2.75) is 49.9 Å². The Kier molecular flexibility index (Phi) is 5.19. The van der Waals surface area contributed by atoms with E-state index >= 15 is 0 Å². The summed E-state index contributed by atoms with van der Waals surface area (Å²) in [4.78, 5) is 14.5. The van der Waals surface area contributed by atoms with Crippen LogP contribution in [0.3, 0.4) is 0 Å². The largest absolute Gasteiger partial charge is 0.573 e. The monoisotopic (exact) mass is 431 g/mol. The van der Waals surface area contributed by atoms with Crippen molar-refractivity contribution in [1.82, 2.24) is 10.2 Å². The first kappa shape index (κ1) is 21.2.